The van der Waals surface area contributed by atoms with Crippen molar-refractivity contribution in [3.05, 3.63) is 59.7 Å². The third-order valence-electron chi connectivity index (χ3n) is 3.19. The quantitative estimate of drug-likeness (QED) is 0.859. The molecule has 100 valence electrons. The zero-order chi connectivity index (χ0) is 13.7. The summed E-state index contributed by atoms with van der Waals surface area (Å²) in [5, 5.41) is 3.48. The summed E-state index contributed by atoms with van der Waals surface area (Å²) >= 11 is 0. The minimum absolute atomic E-state index is 0.489. The minimum atomic E-state index is 0.489. The largest absolute Gasteiger partial charge is 0.326 e. The summed E-state index contributed by atoms with van der Waals surface area (Å²) in [4.78, 5) is 0. The van der Waals surface area contributed by atoms with Crippen molar-refractivity contribution in [3.8, 4) is 11.1 Å². The Labute approximate surface area is 115 Å². The molecule has 0 atom stereocenters. The lowest BCUT2D eigenvalue weighted by molar-refractivity contribution is 0.589. The van der Waals surface area contributed by atoms with Crippen LogP contribution in [0.25, 0.3) is 11.1 Å². The zero-order valence-corrected chi connectivity index (χ0v) is 11.7. The van der Waals surface area contributed by atoms with E-state index in [1.807, 2.05) is 0 Å². The van der Waals surface area contributed by atoms with Gasteiger partial charge >= 0.3 is 0 Å². The molecule has 0 aliphatic heterocycles. The van der Waals surface area contributed by atoms with Crippen molar-refractivity contribution in [2.24, 2.45) is 5.73 Å². The highest BCUT2D eigenvalue weighted by Crippen LogP contribution is 2.24. The first-order chi connectivity index (χ1) is 9.20. The molecule has 0 aromatic heterocycles. The Hall–Kier alpha value is -1.64. The zero-order valence-electron chi connectivity index (χ0n) is 11.7. The van der Waals surface area contributed by atoms with Crippen LogP contribution in [0.1, 0.15) is 25.0 Å². The van der Waals surface area contributed by atoms with E-state index >= 15 is 0 Å². The third kappa shape index (κ3) is 3.66. The number of hydrogen-bond acceptors (Lipinski definition) is 2. The number of nitrogens with one attached hydrogen (secondary N) is 1. The van der Waals surface area contributed by atoms with Crippen LogP contribution in [0.15, 0.2) is 48.5 Å². The number of nitrogens with two attached hydrogens (primary N) is 1. The van der Waals surface area contributed by atoms with Gasteiger partial charge in [0, 0.05) is 19.1 Å². The second kappa shape index (κ2) is 6.50. The fraction of sp³-hybridized carbons (Fsp3) is 0.294. The van der Waals surface area contributed by atoms with Gasteiger partial charge < -0.3 is 11.1 Å². The van der Waals surface area contributed by atoms with Gasteiger partial charge in [0.1, 0.15) is 0 Å². The summed E-state index contributed by atoms with van der Waals surface area (Å²) < 4.78 is 0. The molecule has 0 aliphatic rings. The Kier molecular flexibility index (Phi) is 4.72. The molecule has 0 aliphatic carbocycles. The smallest absolute Gasteiger partial charge is 0.0214 e. The summed E-state index contributed by atoms with van der Waals surface area (Å²) in [5.74, 6) is 0. The standard InChI is InChI=1S/C17H22N2/c1-13(2)19-12-16-7-3-4-9-17(16)15-8-5-6-14(10-15)11-18/h3-10,13,19H,11-12,18H2,1-2H3. The van der Waals surface area contributed by atoms with Crippen molar-refractivity contribution in [3.63, 3.8) is 0 Å². The van der Waals surface area contributed by atoms with Crippen LogP contribution in [0.4, 0.5) is 0 Å². The Morgan fingerprint density at radius 1 is 1.05 bits per heavy atom. The van der Waals surface area contributed by atoms with Gasteiger partial charge in [-0.15, -0.1) is 0 Å². The van der Waals surface area contributed by atoms with E-state index in [0.717, 1.165) is 6.54 Å². The molecule has 0 saturated carbocycles. The van der Waals surface area contributed by atoms with Gasteiger partial charge in [0.05, 0.1) is 0 Å². The normalized spacial score (nSPS) is 10.9. The molecule has 0 radical (unpaired) electrons. The minimum Gasteiger partial charge on any atom is -0.326 e. The lowest BCUT2D eigenvalue weighted by Crippen LogP contribution is -2.22. The van der Waals surface area contributed by atoms with E-state index in [4.69, 9.17) is 5.73 Å². The maximum absolute atomic E-state index is 5.72. The Bertz CT molecular complexity index is 532. The summed E-state index contributed by atoms with van der Waals surface area (Å²) in [6, 6.07) is 17.5. The van der Waals surface area contributed by atoms with Gasteiger partial charge in [-0.1, -0.05) is 56.3 Å². The van der Waals surface area contributed by atoms with E-state index in [1.165, 1.54) is 22.3 Å². The first-order valence-corrected chi connectivity index (χ1v) is 6.81. The van der Waals surface area contributed by atoms with Crippen LogP contribution < -0.4 is 11.1 Å². The van der Waals surface area contributed by atoms with Crippen molar-refractivity contribution >= 4 is 0 Å². The molecule has 0 fully saturated rings. The van der Waals surface area contributed by atoms with Gasteiger partial charge in [0.15, 0.2) is 0 Å². The van der Waals surface area contributed by atoms with E-state index in [-0.39, 0.29) is 0 Å². The molecule has 0 heterocycles. The molecular formula is C17H22N2. The van der Waals surface area contributed by atoms with Crippen LogP contribution in [-0.2, 0) is 13.1 Å². The first kappa shape index (κ1) is 13.8. The lowest BCUT2D eigenvalue weighted by Gasteiger charge is -2.13. The third-order valence-corrected chi connectivity index (χ3v) is 3.19. The predicted molar refractivity (Wildman–Crippen MR) is 81.7 cm³/mol. The van der Waals surface area contributed by atoms with Crippen LogP contribution in [0.2, 0.25) is 0 Å². The van der Waals surface area contributed by atoms with Gasteiger partial charge in [-0.3, -0.25) is 0 Å². The molecule has 2 heteroatoms. The summed E-state index contributed by atoms with van der Waals surface area (Å²) in [6.45, 7) is 5.80. The van der Waals surface area contributed by atoms with Gasteiger partial charge in [-0.05, 0) is 28.3 Å². The van der Waals surface area contributed by atoms with Gasteiger partial charge in [-0.25, -0.2) is 0 Å². The van der Waals surface area contributed by atoms with Crippen LogP contribution in [0.5, 0.6) is 0 Å². The van der Waals surface area contributed by atoms with Crippen molar-refractivity contribution in [1.29, 1.82) is 0 Å². The van der Waals surface area contributed by atoms with Crippen molar-refractivity contribution < 1.29 is 0 Å². The maximum Gasteiger partial charge on any atom is 0.0214 e. The molecule has 0 bridgehead atoms. The predicted octanol–water partition coefficient (Wildman–Crippen LogP) is 3.31. The van der Waals surface area contributed by atoms with Crippen molar-refractivity contribution in [2.75, 3.05) is 0 Å². The van der Waals surface area contributed by atoms with E-state index in [2.05, 4.69) is 67.7 Å². The average molecular weight is 254 g/mol. The van der Waals surface area contributed by atoms with Gasteiger partial charge in [0.25, 0.3) is 0 Å². The number of rotatable bonds is 5. The molecule has 19 heavy (non-hydrogen) atoms. The Balaban J connectivity index is 2.32. The molecule has 0 unspecified atom stereocenters. The van der Waals surface area contributed by atoms with Gasteiger partial charge in [0.2, 0.25) is 0 Å². The highest BCUT2D eigenvalue weighted by molar-refractivity contribution is 5.68. The maximum atomic E-state index is 5.72. The first-order valence-electron chi connectivity index (χ1n) is 6.81. The van der Waals surface area contributed by atoms with Crippen molar-refractivity contribution in [2.45, 2.75) is 33.0 Å². The molecule has 2 rings (SSSR count). The monoisotopic (exact) mass is 254 g/mol. The number of benzene rings is 2. The molecule has 3 N–H and O–H groups in total. The summed E-state index contributed by atoms with van der Waals surface area (Å²) in [7, 11) is 0. The number of hydrogen-bond donors (Lipinski definition) is 2. The fourth-order valence-corrected chi connectivity index (χ4v) is 2.14. The molecule has 2 aromatic rings. The Morgan fingerprint density at radius 3 is 2.58 bits per heavy atom. The molecule has 0 saturated heterocycles. The van der Waals surface area contributed by atoms with E-state index < -0.39 is 0 Å². The fourth-order valence-electron chi connectivity index (χ4n) is 2.14. The second-order valence-electron chi connectivity index (χ2n) is 5.10. The van der Waals surface area contributed by atoms with Crippen LogP contribution in [0, 0.1) is 0 Å². The van der Waals surface area contributed by atoms with Gasteiger partial charge in [-0.2, -0.15) is 0 Å². The summed E-state index contributed by atoms with van der Waals surface area (Å²) in [6.07, 6.45) is 0. The van der Waals surface area contributed by atoms with E-state index in [0.29, 0.717) is 12.6 Å². The molecular weight excluding hydrogens is 232 g/mol. The topological polar surface area (TPSA) is 38.0 Å². The molecule has 2 aromatic carbocycles. The van der Waals surface area contributed by atoms with Crippen LogP contribution in [0.3, 0.4) is 0 Å². The SMILES string of the molecule is CC(C)NCc1ccccc1-c1cccc(CN)c1. The molecule has 2 nitrogen and oxygen atoms in total. The van der Waals surface area contributed by atoms with E-state index in [9.17, 15) is 0 Å². The molecule has 0 amide bonds. The second-order valence-corrected chi connectivity index (χ2v) is 5.10. The highest BCUT2D eigenvalue weighted by atomic mass is 14.9. The lowest BCUT2D eigenvalue weighted by atomic mass is 9.98. The Morgan fingerprint density at radius 2 is 1.84 bits per heavy atom. The summed E-state index contributed by atoms with van der Waals surface area (Å²) in [5.41, 5.74) is 10.7. The van der Waals surface area contributed by atoms with Crippen LogP contribution >= 0.6 is 0 Å². The molecule has 0 spiro atoms. The van der Waals surface area contributed by atoms with E-state index in [1.54, 1.807) is 0 Å². The average Bonchev–Trinajstić information content (AvgIpc) is 2.45. The van der Waals surface area contributed by atoms with Crippen LogP contribution in [-0.4, -0.2) is 6.04 Å². The van der Waals surface area contributed by atoms with Crippen molar-refractivity contribution in [1.82, 2.24) is 5.32 Å². The highest BCUT2D eigenvalue weighted by Gasteiger charge is 2.05.